The molecule has 4 aromatic rings. The number of benzene rings is 2. The lowest BCUT2D eigenvalue weighted by atomic mass is 9.75. The fraction of sp³-hybridized carbons (Fsp3) is 0.276. The van der Waals surface area contributed by atoms with Crippen LogP contribution in [0.5, 0.6) is 0 Å². The second kappa shape index (κ2) is 9.59. The summed E-state index contributed by atoms with van der Waals surface area (Å²) < 4.78 is 0. The van der Waals surface area contributed by atoms with Gasteiger partial charge in [-0.1, -0.05) is 36.4 Å². The summed E-state index contributed by atoms with van der Waals surface area (Å²) in [5.41, 5.74) is 4.31. The standard InChI is InChI=1S/C29H29N5O2/c35-28(33-15-18-5-2-1-3-6-18)19-9-10-25(31-16-19)27-20-13-21(14-26(27)32-17-20)34-29(36)23-7-4-8-24-22(23)11-12-30-24/h1-12,16,20-21,26-27,30,32H,13-15,17H2,(H,33,35)(H,34,36)/t20-,21-,26-,27?/m0/s1. The van der Waals surface area contributed by atoms with Crippen LogP contribution in [-0.4, -0.2) is 40.4 Å². The van der Waals surface area contributed by atoms with E-state index in [1.807, 2.05) is 72.9 Å². The number of aromatic nitrogens is 2. The van der Waals surface area contributed by atoms with Gasteiger partial charge in [-0.25, -0.2) is 0 Å². The molecule has 2 aliphatic rings. The van der Waals surface area contributed by atoms with E-state index in [0.717, 1.165) is 41.5 Å². The zero-order valence-electron chi connectivity index (χ0n) is 19.9. The highest BCUT2D eigenvalue weighted by atomic mass is 16.2. The van der Waals surface area contributed by atoms with Crippen LogP contribution in [0.2, 0.25) is 0 Å². The van der Waals surface area contributed by atoms with E-state index in [1.165, 1.54) is 0 Å². The molecule has 7 nitrogen and oxygen atoms in total. The monoisotopic (exact) mass is 479 g/mol. The van der Waals surface area contributed by atoms with Crippen molar-refractivity contribution in [1.82, 2.24) is 25.9 Å². The first kappa shape index (κ1) is 22.5. The van der Waals surface area contributed by atoms with Gasteiger partial charge in [0.1, 0.15) is 0 Å². The van der Waals surface area contributed by atoms with E-state index in [4.69, 9.17) is 0 Å². The highest BCUT2D eigenvalue weighted by Gasteiger charge is 2.44. The van der Waals surface area contributed by atoms with Crippen molar-refractivity contribution in [3.05, 3.63) is 102 Å². The van der Waals surface area contributed by atoms with Crippen molar-refractivity contribution in [2.75, 3.05) is 6.54 Å². The van der Waals surface area contributed by atoms with Crippen LogP contribution in [0.3, 0.4) is 0 Å². The molecule has 4 atom stereocenters. The molecule has 1 aliphatic heterocycles. The lowest BCUT2D eigenvalue weighted by Gasteiger charge is -2.34. The minimum absolute atomic E-state index is 0.0213. The molecule has 1 unspecified atom stereocenters. The van der Waals surface area contributed by atoms with Crippen molar-refractivity contribution in [1.29, 1.82) is 0 Å². The number of rotatable bonds is 6. The molecule has 2 aromatic heterocycles. The number of nitrogens with zero attached hydrogens (tertiary/aromatic N) is 1. The number of fused-ring (bicyclic) bond motifs is 3. The average Bonchev–Trinajstić information content (AvgIpc) is 3.50. The van der Waals surface area contributed by atoms with E-state index in [-0.39, 0.29) is 29.8 Å². The first-order valence-corrected chi connectivity index (χ1v) is 12.5. The minimum atomic E-state index is -0.122. The molecule has 2 bridgehead atoms. The van der Waals surface area contributed by atoms with E-state index in [1.54, 1.807) is 6.20 Å². The SMILES string of the molecule is O=C(NCc1ccccc1)c1ccc(C2[C@@H]3CN[C@H]2C[C@@H](NC(=O)c2cccc4[nH]ccc24)C3)nc1. The van der Waals surface area contributed by atoms with Gasteiger partial charge in [0.2, 0.25) is 0 Å². The van der Waals surface area contributed by atoms with Crippen LogP contribution in [-0.2, 0) is 6.54 Å². The summed E-state index contributed by atoms with van der Waals surface area (Å²) in [6.07, 6.45) is 5.31. The maximum atomic E-state index is 13.1. The quantitative estimate of drug-likeness (QED) is 0.338. The normalized spacial score (nSPS) is 22.9. The van der Waals surface area contributed by atoms with Crippen LogP contribution in [0.15, 0.2) is 79.1 Å². The van der Waals surface area contributed by atoms with Crippen molar-refractivity contribution in [3.8, 4) is 0 Å². The summed E-state index contributed by atoms with van der Waals surface area (Å²) in [6, 6.07) is 21.8. The van der Waals surface area contributed by atoms with Crippen LogP contribution < -0.4 is 16.0 Å². The molecule has 4 N–H and O–H groups in total. The molecule has 2 fully saturated rings. The Labute approximate surface area is 209 Å². The molecule has 1 aliphatic carbocycles. The summed E-state index contributed by atoms with van der Waals surface area (Å²) in [7, 11) is 0. The van der Waals surface area contributed by atoms with Gasteiger partial charge in [0.15, 0.2) is 0 Å². The lowest BCUT2D eigenvalue weighted by molar-refractivity contribution is 0.0919. The Morgan fingerprint density at radius 1 is 0.944 bits per heavy atom. The van der Waals surface area contributed by atoms with E-state index in [2.05, 4.69) is 25.9 Å². The Morgan fingerprint density at radius 2 is 1.83 bits per heavy atom. The number of H-pyrrole nitrogens is 1. The van der Waals surface area contributed by atoms with Gasteiger partial charge in [-0.3, -0.25) is 14.6 Å². The number of carbonyl (C=O) groups excluding carboxylic acids is 2. The summed E-state index contributed by atoms with van der Waals surface area (Å²) >= 11 is 0. The third-order valence-corrected chi connectivity index (χ3v) is 7.57. The topological polar surface area (TPSA) is 98.9 Å². The third kappa shape index (κ3) is 4.38. The predicted molar refractivity (Wildman–Crippen MR) is 139 cm³/mol. The Hall–Kier alpha value is -3.97. The summed E-state index contributed by atoms with van der Waals surface area (Å²) in [4.78, 5) is 33.5. The van der Waals surface area contributed by atoms with Gasteiger partial charge < -0.3 is 20.9 Å². The molecule has 36 heavy (non-hydrogen) atoms. The Morgan fingerprint density at radius 3 is 2.64 bits per heavy atom. The summed E-state index contributed by atoms with van der Waals surface area (Å²) in [5.74, 6) is 0.532. The summed E-state index contributed by atoms with van der Waals surface area (Å²) in [5, 5.41) is 10.8. The highest BCUT2D eigenvalue weighted by molar-refractivity contribution is 6.06. The van der Waals surface area contributed by atoms with Gasteiger partial charge in [-0.15, -0.1) is 0 Å². The average molecular weight is 480 g/mol. The number of carbonyl (C=O) groups is 2. The molecule has 6 rings (SSSR count). The third-order valence-electron chi connectivity index (χ3n) is 7.57. The smallest absolute Gasteiger partial charge is 0.253 e. The van der Waals surface area contributed by atoms with E-state index in [0.29, 0.717) is 23.6 Å². The second-order valence-electron chi connectivity index (χ2n) is 9.83. The Balaban J connectivity index is 1.09. The van der Waals surface area contributed by atoms with Crippen LogP contribution in [0.1, 0.15) is 50.7 Å². The molecular weight excluding hydrogens is 450 g/mol. The van der Waals surface area contributed by atoms with Crippen molar-refractivity contribution < 1.29 is 9.59 Å². The van der Waals surface area contributed by atoms with Crippen LogP contribution in [0.25, 0.3) is 10.9 Å². The van der Waals surface area contributed by atoms with Gasteiger partial charge in [0, 0.05) is 59.1 Å². The van der Waals surface area contributed by atoms with Gasteiger partial charge in [-0.2, -0.15) is 0 Å². The van der Waals surface area contributed by atoms with E-state index < -0.39 is 0 Å². The van der Waals surface area contributed by atoms with Crippen molar-refractivity contribution in [3.63, 3.8) is 0 Å². The van der Waals surface area contributed by atoms with E-state index >= 15 is 0 Å². The van der Waals surface area contributed by atoms with Crippen molar-refractivity contribution in [2.45, 2.75) is 37.4 Å². The first-order valence-electron chi connectivity index (χ1n) is 12.5. The molecule has 182 valence electrons. The zero-order valence-corrected chi connectivity index (χ0v) is 19.9. The maximum Gasteiger partial charge on any atom is 0.253 e. The van der Waals surface area contributed by atoms with Crippen LogP contribution in [0, 0.1) is 5.92 Å². The van der Waals surface area contributed by atoms with Crippen LogP contribution in [0.4, 0.5) is 0 Å². The number of amides is 2. The second-order valence-corrected chi connectivity index (χ2v) is 9.83. The molecule has 1 saturated carbocycles. The molecule has 2 aromatic carbocycles. The molecule has 3 heterocycles. The van der Waals surface area contributed by atoms with E-state index in [9.17, 15) is 9.59 Å². The van der Waals surface area contributed by atoms with Gasteiger partial charge in [0.25, 0.3) is 11.8 Å². The summed E-state index contributed by atoms with van der Waals surface area (Å²) in [6.45, 7) is 1.40. The first-order chi connectivity index (χ1) is 17.7. The maximum absolute atomic E-state index is 13.1. The fourth-order valence-corrected chi connectivity index (χ4v) is 5.84. The van der Waals surface area contributed by atoms with Gasteiger partial charge in [-0.05, 0) is 61.2 Å². The van der Waals surface area contributed by atoms with Gasteiger partial charge >= 0.3 is 0 Å². The van der Waals surface area contributed by atoms with Crippen molar-refractivity contribution in [2.24, 2.45) is 5.92 Å². The molecule has 0 spiro atoms. The molecule has 7 heteroatoms. The number of pyridine rings is 1. The molecule has 0 radical (unpaired) electrons. The minimum Gasteiger partial charge on any atom is -0.361 e. The number of nitrogens with one attached hydrogen (secondary N) is 4. The number of hydrogen-bond acceptors (Lipinski definition) is 4. The molecule has 2 amide bonds. The zero-order chi connectivity index (χ0) is 24.5. The number of hydrogen-bond donors (Lipinski definition) is 4. The molecular formula is C29H29N5O2. The lowest BCUT2D eigenvalue weighted by Crippen LogP contribution is -2.44. The fourth-order valence-electron chi connectivity index (χ4n) is 5.84. The Kier molecular flexibility index (Phi) is 5.99. The molecule has 1 saturated heterocycles. The van der Waals surface area contributed by atoms with Gasteiger partial charge in [0.05, 0.1) is 5.56 Å². The van der Waals surface area contributed by atoms with Crippen LogP contribution >= 0.6 is 0 Å². The Bertz CT molecular complexity index is 1370. The highest BCUT2D eigenvalue weighted by Crippen LogP contribution is 2.41. The predicted octanol–water partition coefficient (Wildman–Crippen LogP) is 3.76. The largest absolute Gasteiger partial charge is 0.361 e. The number of aromatic amines is 1. The van der Waals surface area contributed by atoms with Crippen molar-refractivity contribution >= 4 is 22.7 Å².